The van der Waals surface area contributed by atoms with E-state index in [9.17, 15) is 9.90 Å². The molecule has 2 rings (SSSR count). The van der Waals surface area contributed by atoms with E-state index in [1.54, 1.807) is 24.0 Å². The molecule has 116 valence electrons. The van der Waals surface area contributed by atoms with Crippen molar-refractivity contribution in [2.24, 2.45) is 0 Å². The third-order valence-electron chi connectivity index (χ3n) is 3.88. The van der Waals surface area contributed by atoms with Crippen LogP contribution in [0.3, 0.4) is 0 Å². The highest BCUT2D eigenvalue weighted by Crippen LogP contribution is 2.27. The lowest BCUT2D eigenvalue weighted by Gasteiger charge is -2.31. The van der Waals surface area contributed by atoms with Gasteiger partial charge in [-0.15, -0.1) is 0 Å². The maximum atomic E-state index is 12.6. The van der Waals surface area contributed by atoms with E-state index in [-0.39, 0.29) is 18.6 Å². The maximum Gasteiger partial charge on any atom is 0.263 e. The van der Waals surface area contributed by atoms with Gasteiger partial charge in [-0.2, -0.15) is 0 Å². The summed E-state index contributed by atoms with van der Waals surface area (Å²) < 4.78 is 5.69. The van der Waals surface area contributed by atoms with Crippen LogP contribution in [0.5, 0.6) is 5.75 Å². The van der Waals surface area contributed by atoms with Gasteiger partial charge in [0.1, 0.15) is 5.75 Å². The van der Waals surface area contributed by atoms with Gasteiger partial charge in [-0.3, -0.25) is 4.79 Å². The first-order valence-corrected chi connectivity index (χ1v) is 7.84. The average molecular weight is 312 g/mol. The van der Waals surface area contributed by atoms with Crippen LogP contribution in [0, 0.1) is 0 Å². The number of carbonyl (C=O) groups is 1. The Labute approximate surface area is 130 Å². The molecule has 1 aromatic rings. The molecule has 4 nitrogen and oxygen atoms in total. The van der Waals surface area contributed by atoms with Gasteiger partial charge >= 0.3 is 0 Å². The SMILES string of the molecule is CC(Oc1ccccc1Cl)C(=O)N(CCO)C1CCCC1. The van der Waals surface area contributed by atoms with Crippen molar-refractivity contribution in [1.29, 1.82) is 0 Å². The number of hydrogen-bond acceptors (Lipinski definition) is 3. The van der Waals surface area contributed by atoms with Crippen molar-refractivity contribution >= 4 is 17.5 Å². The first-order valence-electron chi connectivity index (χ1n) is 7.46. The number of nitrogens with zero attached hydrogens (tertiary/aromatic N) is 1. The van der Waals surface area contributed by atoms with Crippen molar-refractivity contribution in [3.05, 3.63) is 29.3 Å². The van der Waals surface area contributed by atoms with Crippen LogP contribution in [0.15, 0.2) is 24.3 Å². The number of aliphatic hydroxyl groups is 1. The van der Waals surface area contributed by atoms with Crippen LogP contribution in [0.4, 0.5) is 0 Å². The minimum Gasteiger partial charge on any atom is -0.479 e. The van der Waals surface area contributed by atoms with Crippen LogP contribution in [0.25, 0.3) is 0 Å². The third-order valence-corrected chi connectivity index (χ3v) is 4.19. The molecule has 1 N–H and O–H groups in total. The van der Waals surface area contributed by atoms with E-state index < -0.39 is 6.10 Å². The van der Waals surface area contributed by atoms with Gasteiger partial charge in [0.05, 0.1) is 11.6 Å². The summed E-state index contributed by atoms with van der Waals surface area (Å²) in [5.74, 6) is 0.422. The van der Waals surface area contributed by atoms with Gasteiger partial charge < -0.3 is 14.7 Å². The summed E-state index contributed by atoms with van der Waals surface area (Å²) in [7, 11) is 0. The first-order chi connectivity index (χ1) is 10.1. The monoisotopic (exact) mass is 311 g/mol. The second kappa shape index (κ2) is 7.66. The lowest BCUT2D eigenvalue weighted by Crippen LogP contribution is -2.46. The number of halogens is 1. The maximum absolute atomic E-state index is 12.6. The second-order valence-corrected chi connectivity index (χ2v) is 5.79. The number of aliphatic hydroxyl groups excluding tert-OH is 1. The summed E-state index contributed by atoms with van der Waals surface area (Å²) >= 11 is 6.05. The Hall–Kier alpha value is -1.26. The van der Waals surface area contributed by atoms with Gasteiger partial charge in [0, 0.05) is 12.6 Å². The molecule has 0 aromatic heterocycles. The highest BCUT2D eigenvalue weighted by Gasteiger charge is 2.30. The Morgan fingerprint density at radius 2 is 2.10 bits per heavy atom. The summed E-state index contributed by atoms with van der Waals surface area (Å²) in [5.41, 5.74) is 0. The van der Waals surface area contributed by atoms with Crippen molar-refractivity contribution < 1.29 is 14.6 Å². The van der Waals surface area contributed by atoms with Crippen molar-refractivity contribution in [3.8, 4) is 5.75 Å². The molecule has 1 fully saturated rings. The predicted molar refractivity (Wildman–Crippen MR) is 82.6 cm³/mol. The lowest BCUT2D eigenvalue weighted by molar-refractivity contribution is -0.140. The fourth-order valence-electron chi connectivity index (χ4n) is 2.81. The Morgan fingerprint density at radius 1 is 1.43 bits per heavy atom. The zero-order valence-corrected chi connectivity index (χ0v) is 13.1. The number of amides is 1. The zero-order chi connectivity index (χ0) is 15.2. The molecule has 0 heterocycles. The molecule has 1 aromatic carbocycles. The molecule has 5 heteroatoms. The van der Waals surface area contributed by atoms with Crippen molar-refractivity contribution in [2.75, 3.05) is 13.2 Å². The van der Waals surface area contributed by atoms with Crippen molar-refractivity contribution in [1.82, 2.24) is 4.90 Å². The summed E-state index contributed by atoms with van der Waals surface area (Å²) in [6.45, 7) is 2.06. The number of carbonyl (C=O) groups excluding carboxylic acids is 1. The minimum atomic E-state index is -0.614. The van der Waals surface area contributed by atoms with Crippen LogP contribution >= 0.6 is 11.6 Å². The molecular formula is C16H22ClNO3. The summed E-state index contributed by atoms with van der Waals surface area (Å²) in [6, 6.07) is 7.34. The average Bonchev–Trinajstić information content (AvgIpc) is 3.00. The first kappa shape index (κ1) is 16.1. The fourth-order valence-corrected chi connectivity index (χ4v) is 2.99. The van der Waals surface area contributed by atoms with Gasteiger partial charge in [0.15, 0.2) is 6.10 Å². The lowest BCUT2D eigenvalue weighted by atomic mass is 10.2. The number of benzene rings is 1. The molecule has 21 heavy (non-hydrogen) atoms. The third kappa shape index (κ3) is 4.11. The number of hydrogen-bond donors (Lipinski definition) is 1. The molecule has 0 bridgehead atoms. The van der Waals surface area contributed by atoms with Gasteiger partial charge in [0.2, 0.25) is 0 Å². The van der Waals surface area contributed by atoms with Gasteiger partial charge in [0.25, 0.3) is 5.91 Å². The molecule has 1 unspecified atom stereocenters. The van der Waals surface area contributed by atoms with Crippen LogP contribution in [-0.2, 0) is 4.79 Å². The van der Waals surface area contributed by atoms with Gasteiger partial charge in [-0.25, -0.2) is 0 Å². The largest absolute Gasteiger partial charge is 0.479 e. The van der Waals surface area contributed by atoms with E-state index in [1.165, 1.54) is 0 Å². The van der Waals surface area contributed by atoms with E-state index >= 15 is 0 Å². The number of rotatable bonds is 6. The molecular weight excluding hydrogens is 290 g/mol. The standard InChI is InChI=1S/C16H22ClNO3/c1-12(21-15-9-5-4-8-14(15)17)16(20)18(10-11-19)13-6-2-3-7-13/h4-5,8-9,12-13,19H,2-3,6-7,10-11H2,1H3. The van der Waals surface area contributed by atoms with E-state index in [4.69, 9.17) is 16.3 Å². The van der Waals surface area contributed by atoms with Crippen LogP contribution < -0.4 is 4.74 Å². The Bertz CT molecular complexity index is 474. The molecule has 1 aliphatic carbocycles. The smallest absolute Gasteiger partial charge is 0.263 e. The molecule has 0 spiro atoms. The topological polar surface area (TPSA) is 49.8 Å². The Balaban J connectivity index is 2.03. The van der Waals surface area contributed by atoms with Crippen molar-refractivity contribution in [2.45, 2.75) is 44.8 Å². The van der Waals surface area contributed by atoms with Crippen molar-refractivity contribution in [3.63, 3.8) is 0 Å². The number of para-hydroxylation sites is 1. The zero-order valence-electron chi connectivity index (χ0n) is 12.3. The molecule has 1 saturated carbocycles. The second-order valence-electron chi connectivity index (χ2n) is 5.38. The summed E-state index contributed by atoms with van der Waals surface area (Å²) in [6.07, 6.45) is 3.67. The molecule has 0 saturated heterocycles. The normalized spacial score (nSPS) is 16.7. The number of ether oxygens (including phenoxy) is 1. The van der Waals surface area contributed by atoms with E-state index in [0.29, 0.717) is 17.3 Å². The van der Waals surface area contributed by atoms with E-state index in [2.05, 4.69) is 0 Å². The van der Waals surface area contributed by atoms with Crippen LogP contribution in [0.1, 0.15) is 32.6 Å². The molecule has 0 radical (unpaired) electrons. The molecule has 1 amide bonds. The fraction of sp³-hybridized carbons (Fsp3) is 0.562. The van der Waals surface area contributed by atoms with E-state index in [0.717, 1.165) is 25.7 Å². The summed E-state index contributed by atoms with van der Waals surface area (Å²) in [4.78, 5) is 14.3. The Kier molecular flexibility index (Phi) is 5.88. The summed E-state index contributed by atoms with van der Waals surface area (Å²) in [5, 5.41) is 9.70. The molecule has 1 atom stereocenters. The minimum absolute atomic E-state index is 0.0267. The highest BCUT2D eigenvalue weighted by atomic mass is 35.5. The van der Waals surface area contributed by atoms with Gasteiger partial charge in [-0.1, -0.05) is 36.6 Å². The van der Waals surface area contributed by atoms with E-state index in [1.807, 2.05) is 12.1 Å². The Morgan fingerprint density at radius 3 is 2.71 bits per heavy atom. The van der Waals surface area contributed by atoms with Gasteiger partial charge in [-0.05, 0) is 31.9 Å². The highest BCUT2D eigenvalue weighted by molar-refractivity contribution is 6.32. The van der Waals surface area contributed by atoms with Crippen LogP contribution in [0.2, 0.25) is 5.02 Å². The quantitative estimate of drug-likeness (QED) is 0.879. The predicted octanol–water partition coefficient (Wildman–Crippen LogP) is 2.87. The van der Waals surface area contributed by atoms with Crippen LogP contribution in [-0.4, -0.2) is 41.2 Å². The molecule has 1 aliphatic rings. The molecule has 0 aliphatic heterocycles.